The lowest BCUT2D eigenvalue weighted by molar-refractivity contribution is -0.137. The number of nitrogens with zero attached hydrogens (tertiary/aromatic N) is 2. The van der Waals surface area contributed by atoms with Gasteiger partial charge < -0.3 is 9.73 Å². The van der Waals surface area contributed by atoms with Crippen LogP contribution in [-0.2, 0) is 19.3 Å². The summed E-state index contributed by atoms with van der Waals surface area (Å²) in [5.74, 6) is 1.34. The molecule has 0 atom stereocenters. The molecule has 2 heterocycles. The van der Waals surface area contributed by atoms with E-state index in [4.69, 9.17) is 4.42 Å². The molecule has 0 aliphatic rings. The molecule has 0 aliphatic carbocycles. The van der Waals surface area contributed by atoms with Gasteiger partial charge in [-0.05, 0) is 20.0 Å². The molecule has 0 unspecified atom stereocenters. The van der Waals surface area contributed by atoms with Crippen LogP contribution in [0.3, 0.4) is 0 Å². The van der Waals surface area contributed by atoms with E-state index in [1.54, 1.807) is 0 Å². The minimum atomic E-state index is -4.37. The highest BCUT2D eigenvalue weighted by molar-refractivity contribution is 5.21. The molecule has 104 valence electrons. The Morgan fingerprint density at radius 2 is 2.16 bits per heavy atom. The molecule has 0 radical (unpaired) electrons. The van der Waals surface area contributed by atoms with Crippen molar-refractivity contribution in [2.45, 2.75) is 26.2 Å². The van der Waals surface area contributed by atoms with Gasteiger partial charge in [0.15, 0.2) is 0 Å². The van der Waals surface area contributed by atoms with E-state index in [1.165, 1.54) is 4.68 Å². The van der Waals surface area contributed by atoms with Crippen molar-refractivity contribution in [2.75, 3.05) is 7.05 Å². The van der Waals surface area contributed by atoms with Gasteiger partial charge >= 0.3 is 6.18 Å². The van der Waals surface area contributed by atoms with E-state index in [2.05, 4.69) is 10.4 Å². The molecule has 19 heavy (non-hydrogen) atoms. The fourth-order valence-electron chi connectivity index (χ4n) is 1.79. The summed E-state index contributed by atoms with van der Waals surface area (Å²) in [5, 5.41) is 6.68. The van der Waals surface area contributed by atoms with Gasteiger partial charge in [-0.25, -0.2) is 0 Å². The first-order chi connectivity index (χ1) is 8.90. The Labute approximate surface area is 108 Å². The number of hydrogen-bond acceptors (Lipinski definition) is 3. The number of hydrogen-bond donors (Lipinski definition) is 1. The maximum atomic E-state index is 12.4. The van der Waals surface area contributed by atoms with Crippen LogP contribution in [0.25, 0.3) is 0 Å². The third kappa shape index (κ3) is 3.17. The summed E-state index contributed by atoms with van der Waals surface area (Å²) < 4.78 is 44.0. The van der Waals surface area contributed by atoms with Crippen LogP contribution in [0, 0.1) is 6.92 Å². The summed E-state index contributed by atoms with van der Waals surface area (Å²) >= 11 is 0. The lowest BCUT2D eigenvalue weighted by Crippen LogP contribution is -2.05. The molecule has 0 saturated carbocycles. The summed E-state index contributed by atoms with van der Waals surface area (Å²) in [6.45, 7) is 2.66. The third-order valence-corrected chi connectivity index (χ3v) is 2.72. The van der Waals surface area contributed by atoms with Crippen LogP contribution in [0.15, 0.2) is 22.9 Å². The number of alkyl halides is 3. The molecule has 0 fully saturated rings. The summed E-state index contributed by atoms with van der Waals surface area (Å²) in [7, 11) is 1.81. The van der Waals surface area contributed by atoms with Gasteiger partial charge in [-0.15, -0.1) is 0 Å². The average Bonchev–Trinajstić information content (AvgIpc) is 2.87. The van der Waals surface area contributed by atoms with Gasteiger partial charge in [-0.2, -0.15) is 18.3 Å². The molecule has 1 N–H and O–H groups in total. The van der Waals surface area contributed by atoms with Crippen LogP contribution < -0.4 is 5.32 Å². The van der Waals surface area contributed by atoms with E-state index >= 15 is 0 Å². The second-order valence-electron chi connectivity index (χ2n) is 4.25. The highest BCUT2D eigenvalue weighted by Crippen LogP contribution is 2.28. The van der Waals surface area contributed by atoms with Gasteiger partial charge in [0.2, 0.25) is 0 Å². The van der Waals surface area contributed by atoms with Crippen molar-refractivity contribution in [3.63, 3.8) is 0 Å². The number of aromatic nitrogens is 2. The zero-order valence-corrected chi connectivity index (χ0v) is 10.6. The molecule has 0 saturated heterocycles. The van der Waals surface area contributed by atoms with E-state index in [0.29, 0.717) is 12.3 Å². The first kappa shape index (κ1) is 13.7. The quantitative estimate of drug-likeness (QED) is 0.931. The monoisotopic (exact) mass is 273 g/mol. The first-order valence-corrected chi connectivity index (χ1v) is 5.72. The molecule has 4 nitrogen and oxygen atoms in total. The zero-order valence-electron chi connectivity index (χ0n) is 10.6. The highest BCUT2D eigenvalue weighted by atomic mass is 19.4. The SMILES string of the molecule is CNCc1cc(Cn2cc(C(F)(F)F)cn2)oc1C. The highest BCUT2D eigenvalue weighted by Gasteiger charge is 2.32. The van der Waals surface area contributed by atoms with Crippen LogP contribution in [-0.4, -0.2) is 16.8 Å². The van der Waals surface area contributed by atoms with Gasteiger partial charge in [0.25, 0.3) is 0 Å². The standard InChI is InChI=1S/C12H14F3N3O/c1-8-9(4-16-2)3-11(19-8)7-18-6-10(5-17-18)12(13,14)15/h3,5-6,16H,4,7H2,1-2H3. The topological polar surface area (TPSA) is 43.0 Å². The Morgan fingerprint density at radius 3 is 2.74 bits per heavy atom. The van der Waals surface area contributed by atoms with Crippen molar-refractivity contribution in [3.05, 3.63) is 41.1 Å². The van der Waals surface area contributed by atoms with Crippen molar-refractivity contribution in [3.8, 4) is 0 Å². The molecule has 0 bridgehead atoms. The molecule has 0 aliphatic heterocycles. The average molecular weight is 273 g/mol. The maximum Gasteiger partial charge on any atom is 0.419 e. The fourth-order valence-corrected chi connectivity index (χ4v) is 1.79. The van der Waals surface area contributed by atoms with Crippen LogP contribution in [0.4, 0.5) is 13.2 Å². The molecular weight excluding hydrogens is 259 g/mol. The largest absolute Gasteiger partial charge is 0.464 e. The van der Waals surface area contributed by atoms with Crippen molar-refractivity contribution in [1.82, 2.24) is 15.1 Å². The van der Waals surface area contributed by atoms with E-state index in [9.17, 15) is 13.2 Å². The Kier molecular flexibility index (Phi) is 3.66. The van der Waals surface area contributed by atoms with Crippen LogP contribution in [0.2, 0.25) is 0 Å². The minimum absolute atomic E-state index is 0.181. The Bertz CT molecular complexity index is 557. The zero-order chi connectivity index (χ0) is 14.0. The number of rotatable bonds is 4. The predicted octanol–water partition coefficient (Wildman–Crippen LogP) is 2.57. The lowest BCUT2D eigenvalue weighted by atomic mass is 10.2. The third-order valence-electron chi connectivity index (χ3n) is 2.72. The van der Waals surface area contributed by atoms with Gasteiger partial charge in [-0.1, -0.05) is 0 Å². The molecule has 0 amide bonds. The molecular formula is C12H14F3N3O. The van der Waals surface area contributed by atoms with Crippen molar-refractivity contribution >= 4 is 0 Å². The molecule has 2 aromatic heterocycles. The minimum Gasteiger partial charge on any atom is -0.464 e. The van der Waals surface area contributed by atoms with Gasteiger partial charge in [0.1, 0.15) is 11.5 Å². The molecule has 2 aromatic rings. The Morgan fingerprint density at radius 1 is 1.42 bits per heavy atom. The summed E-state index contributed by atoms with van der Waals surface area (Å²) in [6, 6.07) is 1.82. The fraction of sp³-hybridized carbons (Fsp3) is 0.417. The molecule has 0 spiro atoms. The molecule has 2 rings (SSSR count). The number of nitrogens with one attached hydrogen (secondary N) is 1. The summed E-state index contributed by atoms with van der Waals surface area (Å²) in [6.07, 6.45) is -2.59. The number of halogens is 3. The second kappa shape index (κ2) is 5.08. The lowest BCUT2D eigenvalue weighted by Gasteiger charge is -2.00. The number of aryl methyl sites for hydroxylation is 1. The second-order valence-corrected chi connectivity index (χ2v) is 4.25. The summed E-state index contributed by atoms with van der Waals surface area (Å²) in [4.78, 5) is 0. The van der Waals surface area contributed by atoms with Crippen LogP contribution >= 0.6 is 0 Å². The Balaban J connectivity index is 2.13. The van der Waals surface area contributed by atoms with Gasteiger partial charge in [0, 0.05) is 18.3 Å². The Hall–Kier alpha value is -1.76. The van der Waals surface area contributed by atoms with Crippen molar-refractivity contribution in [2.24, 2.45) is 0 Å². The van der Waals surface area contributed by atoms with E-state index in [1.807, 2.05) is 20.0 Å². The smallest absolute Gasteiger partial charge is 0.419 e. The van der Waals surface area contributed by atoms with E-state index in [-0.39, 0.29) is 6.54 Å². The predicted molar refractivity (Wildman–Crippen MR) is 62.5 cm³/mol. The molecule has 7 heteroatoms. The van der Waals surface area contributed by atoms with E-state index in [0.717, 1.165) is 23.7 Å². The van der Waals surface area contributed by atoms with Crippen LogP contribution in [0.5, 0.6) is 0 Å². The first-order valence-electron chi connectivity index (χ1n) is 5.72. The van der Waals surface area contributed by atoms with Gasteiger partial charge in [0.05, 0.1) is 18.3 Å². The van der Waals surface area contributed by atoms with Crippen molar-refractivity contribution in [1.29, 1.82) is 0 Å². The van der Waals surface area contributed by atoms with E-state index < -0.39 is 11.7 Å². The maximum absolute atomic E-state index is 12.4. The van der Waals surface area contributed by atoms with Crippen molar-refractivity contribution < 1.29 is 17.6 Å². The van der Waals surface area contributed by atoms with Crippen LogP contribution in [0.1, 0.15) is 22.6 Å². The van der Waals surface area contributed by atoms with Gasteiger partial charge in [-0.3, -0.25) is 4.68 Å². The number of furan rings is 1. The summed E-state index contributed by atoms with van der Waals surface area (Å²) in [5.41, 5.74) is 0.229. The molecule has 0 aromatic carbocycles. The normalized spacial score (nSPS) is 12.1.